The van der Waals surface area contributed by atoms with Gasteiger partial charge in [0.1, 0.15) is 5.82 Å². The molecule has 0 radical (unpaired) electrons. The molecule has 0 aromatic heterocycles. The molecule has 3 nitrogen and oxygen atoms in total. The highest BCUT2D eigenvalue weighted by atomic mass is 19.1. The van der Waals surface area contributed by atoms with Crippen LogP contribution in [0.5, 0.6) is 0 Å². The minimum absolute atomic E-state index is 0.0157. The predicted octanol–water partition coefficient (Wildman–Crippen LogP) is 1.86. The number of halogens is 1. The van der Waals surface area contributed by atoms with Gasteiger partial charge in [-0.25, -0.2) is 4.39 Å². The van der Waals surface area contributed by atoms with Crippen molar-refractivity contribution in [1.29, 1.82) is 0 Å². The molecule has 4 unspecified atom stereocenters. The first-order valence-electron chi connectivity index (χ1n) is 6.77. The van der Waals surface area contributed by atoms with Crippen LogP contribution in [0.15, 0.2) is 24.3 Å². The number of primary amides is 1. The van der Waals surface area contributed by atoms with Gasteiger partial charge in [-0.3, -0.25) is 4.79 Å². The van der Waals surface area contributed by atoms with Gasteiger partial charge in [-0.1, -0.05) is 19.1 Å². The number of hydrogen-bond donors (Lipinski definition) is 2. The second-order valence-corrected chi connectivity index (χ2v) is 5.65. The van der Waals surface area contributed by atoms with Gasteiger partial charge in [-0.05, 0) is 43.4 Å². The van der Waals surface area contributed by atoms with Crippen molar-refractivity contribution in [2.24, 2.45) is 17.6 Å². The summed E-state index contributed by atoms with van der Waals surface area (Å²) in [5, 5.41) is 3.42. The van der Waals surface area contributed by atoms with Crippen molar-refractivity contribution < 1.29 is 9.18 Å². The molecule has 1 saturated heterocycles. The standard InChI is InChI=1S/C15H21FN2O/c1-9-6-10(2)18-13(14(9)15(17)19)8-11-4-3-5-12(16)7-11/h3-5,7,9-10,13-14,18H,6,8H2,1-2H3,(H2,17,19). The van der Waals surface area contributed by atoms with Crippen molar-refractivity contribution in [3.8, 4) is 0 Å². The van der Waals surface area contributed by atoms with Crippen molar-refractivity contribution in [3.63, 3.8) is 0 Å². The average molecular weight is 264 g/mol. The summed E-state index contributed by atoms with van der Waals surface area (Å²) in [6.45, 7) is 4.16. The molecule has 104 valence electrons. The normalized spacial score (nSPS) is 31.1. The number of amides is 1. The topological polar surface area (TPSA) is 55.1 Å². The van der Waals surface area contributed by atoms with Crippen molar-refractivity contribution in [1.82, 2.24) is 5.32 Å². The van der Waals surface area contributed by atoms with E-state index in [2.05, 4.69) is 19.2 Å². The Morgan fingerprint density at radius 2 is 2.21 bits per heavy atom. The highest BCUT2D eigenvalue weighted by molar-refractivity contribution is 5.78. The molecule has 2 rings (SSSR count). The molecule has 1 aliphatic heterocycles. The van der Waals surface area contributed by atoms with Crippen LogP contribution in [-0.4, -0.2) is 18.0 Å². The maximum atomic E-state index is 13.2. The SMILES string of the molecule is CC1CC(C)C(C(N)=O)C(Cc2cccc(F)c2)N1. The molecule has 1 heterocycles. The van der Waals surface area contributed by atoms with Crippen molar-refractivity contribution in [3.05, 3.63) is 35.6 Å². The van der Waals surface area contributed by atoms with Gasteiger partial charge < -0.3 is 11.1 Å². The largest absolute Gasteiger partial charge is 0.369 e. The Hall–Kier alpha value is -1.42. The third-order valence-electron chi connectivity index (χ3n) is 3.94. The number of rotatable bonds is 3. The predicted molar refractivity (Wildman–Crippen MR) is 73.0 cm³/mol. The van der Waals surface area contributed by atoms with Gasteiger partial charge in [0.2, 0.25) is 5.91 Å². The minimum atomic E-state index is -0.270. The van der Waals surface area contributed by atoms with Crippen LogP contribution >= 0.6 is 0 Å². The molecule has 1 amide bonds. The van der Waals surface area contributed by atoms with Crippen molar-refractivity contribution in [2.75, 3.05) is 0 Å². The van der Waals surface area contributed by atoms with Gasteiger partial charge in [-0.15, -0.1) is 0 Å². The van der Waals surface area contributed by atoms with Gasteiger partial charge in [0.25, 0.3) is 0 Å². The molecule has 0 aliphatic carbocycles. The minimum Gasteiger partial charge on any atom is -0.369 e. The average Bonchev–Trinajstić information content (AvgIpc) is 2.26. The zero-order valence-corrected chi connectivity index (χ0v) is 11.4. The van der Waals surface area contributed by atoms with Crippen LogP contribution in [0.25, 0.3) is 0 Å². The fraction of sp³-hybridized carbons (Fsp3) is 0.533. The van der Waals surface area contributed by atoms with Crippen LogP contribution in [0, 0.1) is 17.7 Å². The van der Waals surface area contributed by atoms with E-state index in [9.17, 15) is 9.18 Å². The van der Waals surface area contributed by atoms with Crippen LogP contribution < -0.4 is 11.1 Å². The molecule has 1 aromatic rings. The molecular weight excluding hydrogens is 243 g/mol. The Bertz CT molecular complexity index is 463. The number of hydrogen-bond acceptors (Lipinski definition) is 2. The number of benzene rings is 1. The summed E-state index contributed by atoms with van der Waals surface area (Å²) in [4.78, 5) is 11.6. The molecule has 0 spiro atoms. The Morgan fingerprint density at radius 3 is 2.84 bits per heavy atom. The molecule has 19 heavy (non-hydrogen) atoms. The van der Waals surface area contributed by atoms with E-state index in [1.807, 2.05) is 6.07 Å². The van der Waals surface area contributed by atoms with Crippen LogP contribution in [-0.2, 0) is 11.2 Å². The lowest BCUT2D eigenvalue weighted by Gasteiger charge is -2.39. The van der Waals surface area contributed by atoms with Crippen LogP contribution in [0.4, 0.5) is 4.39 Å². The van der Waals surface area contributed by atoms with Crippen molar-refractivity contribution in [2.45, 2.75) is 38.8 Å². The number of piperidine rings is 1. The summed E-state index contributed by atoms with van der Waals surface area (Å²) in [7, 11) is 0. The lowest BCUT2D eigenvalue weighted by Crippen LogP contribution is -2.55. The van der Waals surface area contributed by atoms with E-state index < -0.39 is 0 Å². The van der Waals surface area contributed by atoms with Gasteiger partial charge in [0.15, 0.2) is 0 Å². The maximum Gasteiger partial charge on any atom is 0.222 e. The molecule has 3 N–H and O–H groups in total. The van der Waals surface area contributed by atoms with Gasteiger partial charge in [0.05, 0.1) is 5.92 Å². The zero-order valence-electron chi connectivity index (χ0n) is 11.4. The second kappa shape index (κ2) is 5.70. The van der Waals surface area contributed by atoms with Crippen LogP contribution in [0.2, 0.25) is 0 Å². The lowest BCUT2D eigenvalue weighted by atomic mass is 9.77. The van der Waals surface area contributed by atoms with E-state index in [4.69, 9.17) is 5.73 Å². The first-order valence-corrected chi connectivity index (χ1v) is 6.77. The second-order valence-electron chi connectivity index (χ2n) is 5.65. The van der Waals surface area contributed by atoms with E-state index in [-0.39, 0.29) is 29.6 Å². The summed E-state index contributed by atoms with van der Waals surface area (Å²) in [5.41, 5.74) is 6.42. The Kier molecular flexibility index (Phi) is 4.20. The third kappa shape index (κ3) is 3.32. The maximum absolute atomic E-state index is 13.2. The molecule has 1 aliphatic rings. The number of carbonyl (C=O) groups excluding carboxylic acids is 1. The first kappa shape index (κ1) is 14.0. The quantitative estimate of drug-likeness (QED) is 0.875. The van der Waals surface area contributed by atoms with E-state index >= 15 is 0 Å². The molecule has 0 saturated carbocycles. The molecule has 1 fully saturated rings. The van der Waals surface area contributed by atoms with E-state index in [0.717, 1.165) is 12.0 Å². The van der Waals surface area contributed by atoms with Gasteiger partial charge in [0, 0.05) is 12.1 Å². The summed E-state index contributed by atoms with van der Waals surface area (Å²) in [6, 6.07) is 6.85. The summed E-state index contributed by atoms with van der Waals surface area (Å²) >= 11 is 0. The number of nitrogens with one attached hydrogen (secondary N) is 1. The lowest BCUT2D eigenvalue weighted by molar-refractivity contribution is -0.125. The molecule has 1 aromatic carbocycles. The molecular formula is C15H21FN2O. The molecule has 4 atom stereocenters. The number of nitrogens with two attached hydrogens (primary N) is 1. The van der Waals surface area contributed by atoms with Crippen molar-refractivity contribution >= 4 is 5.91 Å². The Labute approximate surface area is 113 Å². The monoisotopic (exact) mass is 264 g/mol. The fourth-order valence-corrected chi connectivity index (χ4v) is 3.22. The summed E-state index contributed by atoms with van der Waals surface area (Å²) in [6.07, 6.45) is 1.56. The summed E-state index contributed by atoms with van der Waals surface area (Å²) in [5.74, 6) is -0.454. The highest BCUT2D eigenvalue weighted by Gasteiger charge is 2.37. The zero-order chi connectivity index (χ0) is 14.0. The van der Waals surface area contributed by atoms with Crippen LogP contribution in [0.3, 0.4) is 0 Å². The van der Waals surface area contributed by atoms with Crippen LogP contribution in [0.1, 0.15) is 25.8 Å². The Balaban J connectivity index is 2.17. The number of carbonyl (C=O) groups is 1. The third-order valence-corrected chi connectivity index (χ3v) is 3.94. The highest BCUT2D eigenvalue weighted by Crippen LogP contribution is 2.28. The van der Waals surface area contributed by atoms with E-state index in [0.29, 0.717) is 12.5 Å². The molecule has 4 heteroatoms. The summed E-state index contributed by atoms with van der Waals surface area (Å²) < 4.78 is 13.2. The van der Waals surface area contributed by atoms with E-state index in [1.165, 1.54) is 12.1 Å². The van der Waals surface area contributed by atoms with E-state index in [1.54, 1.807) is 6.07 Å². The first-order chi connectivity index (χ1) is 8.97. The Morgan fingerprint density at radius 1 is 1.47 bits per heavy atom. The fourth-order valence-electron chi connectivity index (χ4n) is 3.22. The molecule has 0 bridgehead atoms. The smallest absolute Gasteiger partial charge is 0.222 e. The van der Waals surface area contributed by atoms with Gasteiger partial charge >= 0.3 is 0 Å². The van der Waals surface area contributed by atoms with Gasteiger partial charge in [-0.2, -0.15) is 0 Å².